The van der Waals surface area contributed by atoms with Crippen LogP contribution in [-0.2, 0) is 27.3 Å². The van der Waals surface area contributed by atoms with Gasteiger partial charge in [0.25, 0.3) is 0 Å². The zero-order valence-electron chi connectivity index (χ0n) is 15.5. The number of carbonyl (C=O) groups excluding carboxylic acids is 2. The molecule has 2 unspecified atom stereocenters. The van der Waals surface area contributed by atoms with Gasteiger partial charge in [0.2, 0.25) is 11.8 Å². The number of carbonyl (C=O) groups is 2. The molecule has 0 saturated heterocycles. The van der Waals surface area contributed by atoms with Gasteiger partial charge in [-0.15, -0.1) is 0 Å². The van der Waals surface area contributed by atoms with Crippen molar-refractivity contribution in [3.63, 3.8) is 0 Å². The Morgan fingerprint density at radius 1 is 1.12 bits per heavy atom. The quantitative estimate of drug-likeness (QED) is 0.732. The number of benzene rings is 1. The lowest BCUT2D eigenvalue weighted by molar-refractivity contribution is -0.135. The third kappa shape index (κ3) is 3.77. The highest BCUT2D eigenvalue weighted by Gasteiger charge is 2.49. The molecule has 2 aliphatic rings. The van der Waals surface area contributed by atoms with Gasteiger partial charge in [-0.2, -0.15) is 0 Å². The van der Waals surface area contributed by atoms with Gasteiger partial charge in [-0.25, -0.2) is 0 Å². The van der Waals surface area contributed by atoms with Crippen LogP contribution in [0.4, 0.5) is 0 Å². The molecule has 0 bridgehead atoms. The molecule has 1 N–H and O–H groups in total. The van der Waals surface area contributed by atoms with Gasteiger partial charge in [-0.1, -0.05) is 0 Å². The molecule has 1 saturated carbocycles. The molecule has 0 spiro atoms. The number of rotatable bonds is 7. The van der Waals surface area contributed by atoms with Crippen LogP contribution in [-0.4, -0.2) is 57.7 Å². The van der Waals surface area contributed by atoms with Crippen LogP contribution < -0.4 is 14.8 Å². The number of nitrogens with zero attached hydrogens (tertiary/aromatic N) is 1. The maximum absolute atomic E-state index is 12.8. The van der Waals surface area contributed by atoms with E-state index in [-0.39, 0.29) is 23.7 Å². The second-order valence-corrected chi connectivity index (χ2v) is 6.72. The number of amides is 2. The maximum atomic E-state index is 12.8. The van der Waals surface area contributed by atoms with E-state index in [4.69, 9.17) is 14.2 Å². The van der Waals surface area contributed by atoms with Crippen LogP contribution >= 0.6 is 0 Å². The Bertz CT molecular complexity index is 691. The summed E-state index contributed by atoms with van der Waals surface area (Å²) in [5.74, 6) is 0.996. The van der Waals surface area contributed by atoms with E-state index in [9.17, 15) is 9.59 Å². The van der Waals surface area contributed by atoms with E-state index in [2.05, 4.69) is 5.32 Å². The lowest BCUT2D eigenvalue weighted by Gasteiger charge is -2.30. The Morgan fingerprint density at radius 3 is 2.46 bits per heavy atom. The van der Waals surface area contributed by atoms with E-state index in [0.717, 1.165) is 12.0 Å². The van der Waals surface area contributed by atoms with E-state index >= 15 is 0 Å². The summed E-state index contributed by atoms with van der Waals surface area (Å²) in [6.07, 6.45) is 1.41. The molecule has 1 aromatic rings. The maximum Gasteiger partial charge on any atom is 0.226 e. The van der Waals surface area contributed by atoms with Gasteiger partial charge in [0.15, 0.2) is 11.5 Å². The molecule has 1 fully saturated rings. The lowest BCUT2D eigenvalue weighted by Crippen LogP contribution is -2.38. The highest BCUT2D eigenvalue weighted by molar-refractivity contribution is 5.92. The fourth-order valence-electron chi connectivity index (χ4n) is 3.47. The fraction of sp³-hybridized carbons (Fsp3) is 0.579. The summed E-state index contributed by atoms with van der Waals surface area (Å²) in [4.78, 5) is 26.7. The predicted molar refractivity (Wildman–Crippen MR) is 95.1 cm³/mol. The number of ether oxygens (including phenoxy) is 3. The number of hydrogen-bond donors (Lipinski definition) is 1. The smallest absolute Gasteiger partial charge is 0.226 e. The summed E-state index contributed by atoms with van der Waals surface area (Å²) >= 11 is 0. The van der Waals surface area contributed by atoms with E-state index in [1.807, 2.05) is 17.0 Å². The lowest BCUT2D eigenvalue weighted by atomic mass is 9.98. The molecule has 2 atom stereocenters. The molecular formula is C19H26N2O5. The van der Waals surface area contributed by atoms with Crippen LogP contribution in [0.15, 0.2) is 12.1 Å². The second kappa shape index (κ2) is 7.95. The zero-order chi connectivity index (χ0) is 18.7. The summed E-state index contributed by atoms with van der Waals surface area (Å²) in [5, 5.41) is 2.81. The Kier molecular flexibility index (Phi) is 5.66. The summed E-state index contributed by atoms with van der Waals surface area (Å²) in [6, 6.07) is 3.93. The molecule has 0 aromatic heterocycles. The van der Waals surface area contributed by atoms with E-state index in [1.54, 1.807) is 21.3 Å². The standard InChI is InChI=1S/C19H26N2O5/c1-24-7-5-20-18(22)14-10-15(14)19(23)21-6-4-12-8-16(25-2)17(26-3)9-13(12)11-21/h8-9,14-15H,4-7,10-11H2,1-3H3,(H,20,22). The normalized spacial score (nSPS) is 21.0. The average molecular weight is 362 g/mol. The first-order chi connectivity index (χ1) is 12.6. The molecule has 7 nitrogen and oxygen atoms in total. The third-order valence-electron chi connectivity index (χ3n) is 5.08. The van der Waals surface area contributed by atoms with Gasteiger partial charge in [0, 0.05) is 26.7 Å². The molecule has 2 amide bonds. The first-order valence-electron chi connectivity index (χ1n) is 8.88. The monoisotopic (exact) mass is 362 g/mol. The van der Waals surface area contributed by atoms with Crippen molar-refractivity contribution >= 4 is 11.8 Å². The van der Waals surface area contributed by atoms with E-state index in [1.165, 1.54) is 5.56 Å². The minimum absolute atomic E-state index is 0.0517. The van der Waals surface area contributed by atoms with Gasteiger partial charge in [0.05, 0.1) is 32.7 Å². The van der Waals surface area contributed by atoms with Gasteiger partial charge in [-0.3, -0.25) is 9.59 Å². The topological polar surface area (TPSA) is 77.1 Å². The number of methoxy groups -OCH3 is 3. The van der Waals surface area contributed by atoms with Gasteiger partial charge in [-0.05, 0) is 36.1 Å². The van der Waals surface area contributed by atoms with Crippen LogP contribution in [0.3, 0.4) is 0 Å². The summed E-state index contributed by atoms with van der Waals surface area (Å²) in [7, 11) is 4.81. The molecule has 3 rings (SSSR count). The molecular weight excluding hydrogens is 336 g/mol. The summed E-state index contributed by atoms with van der Waals surface area (Å²) < 4.78 is 15.6. The highest BCUT2D eigenvalue weighted by Crippen LogP contribution is 2.41. The van der Waals surface area contributed by atoms with Gasteiger partial charge < -0.3 is 24.4 Å². The average Bonchev–Trinajstić information content (AvgIpc) is 3.46. The van der Waals surface area contributed by atoms with Gasteiger partial charge >= 0.3 is 0 Å². The predicted octanol–water partition coefficient (Wildman–Crippen LogP) is 0.987. The molecule has 0 radical (unpaired) electrons. The number of nitrogens with one attached hydrogen (secondary N) is 1. The Balaban J connectivity index is 1.61. The second-order valence-electron chi connectivity index (χ2n) is 6.72. The molecule has 26 heavy (non-hydrogen) atoms. The highest BCUT2D eigenvalue weighted by atomic mass is 16.5. The van der Waals surface area contributed by atoms with Crippen molar-refractivity contribution in [2.45, 2.75) is 19.4 Å². The van der Waals surface area contributed by atoms with E-state index < -0.39 is 0 Å². The molecule has 1 aromatic carbocycles. The Hall–Kier alpha value is -2.28. The minimum Gasteiger partial charge on any atom is -0.493 e. The first kappa shape index (κ1) is 18.5. The Morgan fingerprint density at radius 2 is 1.81 bits per heavy atom. The van der Waals surface area contributed by atoms with Gasteiger partial charge in [0.1, 0.15) is 0 Å². The number of hydrogen-bond acceptors (Lipinski definition) is 5. The van der Waals surface area contributed by atoms with Crippen molar-refractivity contribution in [3.8, 4) is 11.5 Å². The van der Waals surface area contributed by atoms with E-state index in [0.29, 0.717) is 44.2 Å². The number of fused-ring (bicyclic) bond motifs is 1. The SMILES string of the molecule is COCCNC(=O)C1CC1C(=O)N1CCc2cc(OC)c(OC)cc2C1. The van der Waals surface area contributed by atoms with Crippen molar-refractivity contribution in [2.24, 2.45) is 11.8 Å². The van der Waals surface area contributed by atoms with Crippen molar-refractivity contribution in [2.75, 3.05) is 41.0 Å². The summed E-state index contributed by atoms with van der Waals surface area (Å²) in [5.41, 5.74) is 2.25. The van der Waals surface area contributed by atoms with Crippen LogP contribution in [0.5, 0.6) is 11.5 Å². The van der Waals surface area contributed by atoms with Crippen LogP contribution in [0.1, 0.15) is 17.5 Å². The molecule has 142 valence electrons. The minimum atomic E-state index is -0.203. The first-order valence-corrected chi connectivity index (χ1v) is 8.88. The third-order valence-corrected chi connectivity index (χ3v) is 5.08. The Labute approximate surface area is 153 Å². The molecule has 7 heteroatoms. The fourth-order valence-corrected chi connectivity index (χ4v) is 3.47. The molecule has 1 heterocycles. The van der Waals surface area contributed by atoms with Crippen molar-refractivity contribution < 1.29 is 23.8 Å². The summed E-state index contributed by atoms with van der Waals surface area (Å²) in [6.45, 7) is 2.16. The van der Waals surface area contributed by atoms with Crippen LogP contribution in [0.2, 0.25) is 0 Å². The van der Waals surface area contributed by atoms with Crippen LogP contribution in [0.25, 0.3) is 0 Å². The van der Waals surface area contributed by atoms with Crippen LogP contribution in [0, 0.1) is 11.8 Å². The molecule has 1 aliphatic heterocycles. The van der Waals surface area contributed by atoms with Crippen molar-refractivity contribution in [1.29, 1.82) is 0 Å². The van der Waals surface area contributed by atoms with Crippen molar-refractivity contribution in [3.05, 3.63) is 23.3 Å². The largest absolute Gasteiger partial charge is 0.493 e. The molecule has 1 aliphatic carbocycles. The zero-order valence-corrected chi connectivity index (χ0v) is 15.5. The van der Waals surface area contributed by atoms with Crippen molar-refractivity contribution in [1.82, 2.24) is 10.2 Å².